The molecule has 2 aromatic heterocycles. The Hall–Kier alpha value is -2.51. The van der Waals surface area contributed by atoms with E-state index < -0.39 is 18.6 Å². The average molecular weight is 383 g/mol. The quantitative estimate of drug-likeness (QED) is 0.606. The standard InChI is InChI=1S/C20H21N3O3S/c24-11-14(20(25)26)21-18-17-13-8-4-5-9-15(13)27-19(17)23-16(22-18)10-12-6-2-1-3-7-12/h1-3,6-7,14,24H,4-5,8-11H2,(H,25,26)(H,21,22,23). The van der Waals surface area contributed by atoms with E-state index in [0.717, 1.165) is 35.0 Å². The van der Waals surface area contributed by atoms with Crippen LogP contribution in [0, 0.1) is 0 Å². The molecular formula is C20H21N3O3S. The number of aliphatic hydroxyl groups excluding tert-OH is 1. The Balaban J connectivity index is 1.80. The maximum absolute atomic E-state index is 11.4. The number of anilines is 1. The zero-order chi connectivity index (χ0) is 18.8. The number of carboxylic acids is 1. The molecule has 4 rings (SSSR count). The number of benzene rings is 1. The van der Waals surface area contributed by atoms with E-state index in [0.29, 0.717) is 18.1 Å². The number of aliphatic carboxylic acids is 1. The highest BCUT2D eigenvalue weighted by Gasteiger charge is 2.24. The second-order valence-corrected chi connectivity index (χ2v) is 7.84. The number of rotatable bonds is 6. The first-order valence-electron chi connectivity index (χ1n) is 9.11. The van der Waals surface area contributed by atoms with Gasteiger partial charge in [0.25, 0.3) is 0 Å². The molecule has 0 spiro atoms. The van der Waals surface area contributed by atoms with E-state index in [2.05, 4.69) is 10.3 Å². The maximum atomic E-state index is 11.4. The molecule has 27 heavy (non-hydrogen) atoms. The normalized spacial score (nSPS) is 14.7. The number of aromatic nitrogens is 2. The summed E-state index contributed by atoms with van der Waals surface area (Å²) in [5, 5.41) is 22.6. The van der Waals surface area contributed by atoms with Crippen LogP contribution in [-0.2, 0) is 24.1 Å². The zero-order valence-corrected chi connectivity index (χ0v) is 15.6. The number of aliphatic hydroxyl groups is 1. The van der Waals surface area contributed by atoms with Crippen molar-refractivity contribution in [3.05, 3.63) is 52.2 Å². The van der Waals surface area contributed by atoms with E-state index in [1.54, 1.807) is 11.3 Å². The van der Waals surface area contributed by atoms with Gasteiger partial charge >= 0.3 is 5.97 Å². The molecule has 3 aromatic rings. The zero-order valence-electron chi connectivity index (χ0n) is 14.8. The Kier molecular flexibility index (Phi) is 5.05. The summed E-state index contributed by atoms with van der Waals surface area (Å²) in [4.78, 5) is 23.1. The maximum Gasteiger partial charge on any atom is 0.328 e. The summed E-state index contributed by atoms with van der Waals surface area (Å²) in [6, 6.07) is 8.87. The second-order valence-electron chi connectivity index (χ2n) is 6.76. The van der Waals surface area contributed by atoms with Gasteiger partial charge in [0, 0.05) is 11.3 Å². The molecular weight excluding hydrogens is 362 g/mol. The van der Waals surface area contributed by atoms with Crippen LogP contribution in [0.15, 0.2) is 30.3 Å². The van der Waals surface area contributed by atoms with Crippen molar-refractivity contribution in [2.24, 2.45) is 0 Å². The van der Waals surface area contributed by atoms with E-state index in [-0.39, 0.29) is 0 Å². The van der Waals surface area contributed by atoms with Gasteiger partial charge in [-0.25, -0.2) is 14.8 Å². The predicted molar refractivity (Wildman–Crippen MR) is 105 cm³/mol. The highest BCUT2D eigenvalue weighted by Crippen LogP contribution is 2.39. The molecule has 7 heteroatoms. The number of carboxylic acid groups (broad SMARTS) is 1. The topological polar surface area (TPSA) is 95.3 Å². The van der Waals surface area contributed by atoms with Crippen LogP contribution < -0.4 is 5.32 Å². The van der Waals surface area contributed by atoms with Crippen molar-refractivity contribution >= 4 is 33.3 Å². The van der Waals surface area contributed by atoms with E-state index in [1.807, 2.05) is 30.3 Å². The Morgan fingerprint density at radius 2 is 1.96 bits per heavy atom. The van der Waals surface area contributed by atoms with Crippen LogP contribution in [0.1, 0.15) is 34.7 Å². The van der Waals surface area contributed by atoms with Crippen molar-refractivity contribution in [2.45, 2.75) is 38.1 Å². The van der Waals surface area contributed by atoms with E-state index in [9.17, 15) is 15.0 Å². The summed E-state index contributed by atoms with van der Waals surface area (Å²) in [6.45, 7) is -0.499. The fourth-order valence-corrected chi connectivity index (χ4v) is 4.79. The highest BCUT2D eigenvalue weighted by atomic mass is 32.1. The van der Waals surface area contributed by atoms with Crippen molar-refractivity contribution < 1.29 is 15.0 Å². The van der Waals surface area contributed by atoms with Gasteiger partial charge in [-0.3, -0.25) is 0 Å². The molecule has 0 saturated carbocycles. The van der Waals surface area contributed by atoms with Gasteiger partial charge in [0.2, 0.25) is 0 Å². The number of thiophene rings is 1. The fraction of sp³-hybridized carbons (Fsp3) is 0.350. The SMILES string of the molecule is O=C(O)C(CO)Nc1nc(Cc2ccccc2)nc2sc3c(c12)CCCC3. The van der Waals surface area contributed by atoms with Crippen LogP contribution in [0.3, 0.4) is 0 Å². The molecule has 0 bridgehead atoms. The van der Waals surface area contributed by atoms with Gasteiger partial charge < -0.3 is 15.5 Å². The molecule has 0 aliphatic heterocycles. The molecule has 1 atom stereocenters. The third-order valence-corrected chi connectivity index (χ3v) is 6.04. The summed E-state index contributed by atoms with van der Waals surface area (Å²) >= 11 is 1.68. The number of nitrogens with zero attached hydrogens (tertiary/aromatic N) is 2. The molecule has 6 nitrogen and oxygen atoms in total. The molecule has 0 fully saturated rings. The molecule has 3 N–H and O–H groups in total. The highest BCUT2D eigenvalue weighted by molar-refractivity contribution is 7.19. The van der Waals surface area contributed by atoms with E-state index >= 15 is 0 Å². The van der Waals surface area contributed by atoms with Gasteiger partial charge in [-0.1, -0.05) is 30.3 Å². The van der Waals surface area contributed by atoms with Gasteiger partial charge in [-0.05, 0) is 36.8 Å². The first-order chi connectivity index (χ1) is 13.2. The molecule has 0 radical (unpaired) electrons. The third-order valence-electron chi connectivity index (χ3n) is 4.86. The number of hydrogen-bond donors (Lipinski definition) is 3. The number of hydrogen-bond acceptors (Lipinski definition) is 6. The summed E-state index contributed by atoms with van der Waals surface area (Å²) < 4.78 is 0. The van der Waals surface area contributed by atoms with Crippen molar-refractivity contribution in [1.82, 2.24) is 9.97 Å². The van der Waals surface area contributed by atoms with Crippen molar-refractivity contribution in [3.63, 3.8) is 0 Å². The molecule has 0 amide bonds. The van der Waals surface area contributed by atoms with Crippen molar-refractivity contribution in [3.8, 4) is 0 Å². The molecule has 1 aliphatic carbocycles. The molecule has 0 saturated heterocycles. The Morgan fingerprint density at radius 1 is 1.19 bits per heavy atom. The molecule has 140 valence electrons. The first kappa shape index (κ1) is 17.9. The number of fused-ring (bicyclic) bond motifs is 3. The predicted octanol–water partition coefficient (Wildman–Crippen LogP) is 3.02. The van der Waals surface area contributed by atoms with E-state index in [4.69, 9.17) is 4.98 Å². The second kappa shape index (κ2) is 7.62. The van der Waals surface area contributed by atoms with Crippen LogP contribution in [0.4, 0.5) is 5.82 Å². The van der Waals surface area contributed by atoms with Crippen LogP contribution in [-0.4, -0.2) is 38.8 Å². The van der Waals surface area contributed by atoms with Crippen molar-refractivity contribution in [1.29, 1.82) is 0 Å². The first-order valence-corrected chi connectivity index (χ1v) is 9.92. The smallest absolute Gasteiger partial charge is 0.328 e. The lowest BCUT2D eigenvalue weighted by atomic mass is 9.97. The third kappa shape index (κ3) is 3.65. The van der Waals surface area contributed by atoms with Crippen LogP contribution in [0.25, 0.3) is 10.2 Å². The monoisotopic (exact) mass is 383 g/mol. The van der Waals surface area contributed by atoms with Gasteiger partial charge in [0.15, 0.2) is 0 Å². The summed E-state index contributed by atoms with van der Waals surface area (Å²) in [7, 11) is 0. The minimum absolute atomic E-state index is 0.499. The molecule has 1 unspecified atom stereocenters. The average Bonchev–Trinajstić information content (AvgIpc) is 3.05. The van der Waals surface area contributed by atoms with E-state index in [1.165, 1.54) is 16.9 Å². The summed E-state index contributed by atoms with van der Waals surface area (Å²) in [6.07, 6.45) is 4.85. The Bertz CT molecular complexity index is 972. The van der Waals surface area contributed by atoms with Crippen LogP contribution in [0.5, 0.6) is 0 Å². The lowest BCUT2D eigenvalue weighted by Crippen LogP contribution is -2.33. The molecule has 1 aromatic carbocycles. The van der Waals surface area contributed by atoms with Gasteiger partial charge in [-0.2, -0.15) is 0 Å². The molecule has 1 aliphatic rings. The molecule has 2 heterocycles. The number of nitrogens with one attached hydrogen (secondary N) is 1. The summed E-state index contributed by atoms with van der Waals surface area (Å²) in [5.74, 6) is 0.0709. The van der Waals surface area contributed by atoms with Crippen LogP contribution in [0.2, 0.25) is 0 Å². The van der Waals surface area contributed by atoms with Gasteiger partial charge in [0.05, 0.1) is 12.0 Å². The Labute approximate surface area is 160 Å². The number of carbonyl (C=O) groups is 1. The minimum Gasteiger partial charge on any atom is -0.480 e. The number of aryl methyl sites for hydroxylation is 2. The van der Waals surface area contributed by atoms with Gasteiger partial charge in [-0.15, -0.1) is 11.3 Å². The minimum atomic E-state index is -1.10. The van der Waals surface area contributed by atoms with Gasteiger partial charge in [0.1, 0.15) is 22.5 Å². The lowest BCUT2D eigenvalue weighted by Gasteiger charge is -2.16. The van der Waals surface area contributed by atoms with Crippen LogP contribution >= 0.6 is 11.3 Å². The Morgan fingerprint density at radius 3 is 2.70 bits per heavy atom. The lowest BCUT2D eigenvalue weighted by molar-refractivity contribution is -0.138. The largest absolute Gasteiger partial charge is 0.480 e. The summed E-state index contributed by atoms with van der Waals surface area (Å²) in [5.41, 5.74) is 2.33. The van der Waals surface area contributed by atoms with Crippen molar-refractivity contribution in [2.75, 3.05) is 11.9 Å². The fourth-order valence-electron chi connectivity index (χ4n) is 3.51.